The van der Waals surface area contributed by atoms with Crippen molar-refractivity contribution in [3.8, 4) is 0 Å². The van der Waals surface area contributed by atoms with Crippen LogP contribution in [0.25, 0.3) is 4.85 Å². The lowest BCUT2D eigenvalue weighted by Gasteiger charge is -2.22. The number of carbonyl (C=O) groups excluding carboxylic acids is 7. The molecule has 0 bridgehead atoms. The maximum atomic E-state index is 13.3. The molecular formula is C83H93F2N7O17. The van der Waals surface area contributed by atoms with Gasteiger partial charge in [-0.2, -0.15) is 0 Å². The van der Waals surface area contributed by atoms with Gasteiger partial charge in [-0.25, -0.2) is 23.6 Å². The number of amides is 2. The molecule has 10 rings (SSSR count). The number of hydrogen-bond acceptors (Lipinski definition) is 21. The molecule has 12 atom stereocenters. The van der Waals surface area contributed by atoms with E-state index in [1.165, 1.54) is 48.5 Å². The SMILES string of the molecule is CC(=O)N[C@H](CO)[C@H](O)c1ccc(C(C)=O)cc1.CC(=O)c1ccc([C@@H](O)[C@H](N)CF)cc1.CC(=O)c1ccc([C@@H](O)[C@H](N)CO)cc1.CC(=O)c1ccc([C@H]2OC(c3ccccc3)=N[C@@H]2CF)cc1.CC(=O)c1ccc([C@H]2OC(c3ccccc3)=N[C@@H]2CO)cc1.[C-]#[N+]c1ccc([C@@H](O)[C@@H](CO)NC(C)=O)cc1. The summed E-state index contributed by atoms with van der Waals surface area (Å²) in [7, 11) is 0. The fourth-order valence-electron chi connectivity index (χ4n) is 10.6. The number of halogens is 2. The molecule has 2 amide bonds. The number of aliphatic hydroxyl groups excluding tert-OH is 8. The highest BCUT2D eigenvalue weighted by Crippen LogP contribution is 2.34. The van der Waals surface area contributed by atoms with Crippen molar-refractivity contribution in [2.24, 2.45) is 21.5 Å². The molecule has 24 nitrogen and oxygen atoms in total. The molecule has 0 fully saturated rings. The zero-order chi connectivity index (χ0) is 80.4. The Hall–Kier alpha value is -11.1. The molecule has 0 radical (unpaired) electrons. The van der Waals surface area contributed by atoms with Crippen LogP contribution in [-0.2, 0) is 19.1 Å². The predicted molar refractivity (Wildman–Crippen MR) is 407 cm³/mol. The molecule has 8 aromatic rings. The number of ketones is 5. The fourth-order valence-corrected chi connectivity index (χ4v) is 10.6. The van der Waals surface area contributed by atoms with Crippen molar-refractivity contribution in [1.29, 1.82) is 0 Å². The highest BCUT2D eigenvalue weighted by Gasteiger charge is 2.34. The first kappa shape index (κ1) is 88.6. The van der Waals surface area contributed by atoms with E-state index in [4.69, 9.17) is 42.8 Å². The Morgan fingerprint density at radius 1 is 0.422 bits per heavy atom. The molecule has 8 aromatic carbocycles. The largest absolute Gasteiger partial charge is 0.467 e. The smallest absolute Gasteiger partial charge is 0.217 e. The minimum Gasteiger partial charge on any atom is -0.467 e. The van der Waals surface area contributed by atoms with Crippen LogP contribution in [0.2, 0.25) is 0 Å². The van der Waals surface area contributed by atoms with Crippen molar-refractivity contribution in [3.63, 3.8) is 0 Å². The molecule has 2 heterocycles. The average molecular weight is 1500 g/mol. The standard InChI is InChI=1S/C18H16FNO2.C18H17NO3.C13H17NO4.C12H14N2O3.C11H14FNO2.C11H15NO3/c1-12(21)13-7-9-14(10-8-13)17-16(11-19)20-18(22-17)15-5-3-2-4-6-15;1-12(21)13-7-9-14(10-8-13)17-16(11-20)19-18(22-17)15-5-3-2-4-6-15;1-8(16)10-3-5-11(6-4-10)13(18)12(7-15)14-9(2)17;1-8(16)14-11(7-15)12(17)9-3-5-10(13-2)6-4-9;1-7(14)8-2-4-9(5-3-8)11(15)10(13)6-12;1-7(14)8-2-4-9(5-3-8)11(15)10(12)6-13/h2-10,16-17H,11H2,1H3;2-10,16-17,20H,11H2,1H3;3-6,12-13,15,18H,7H2,1-2H3,(H,14,17);3-6,11-12,15,17H,7H2,1H3,(H,14,16);2-5,10-11,15H,6,13H2,1H3;2-5,10-11,13,15H,6,12H2,1H3/t2*16-,17-;12-,13-;11-,12-;2*10-,11-/m111111/s1. The van der Waals surface area contributed by atoms with Gasteiger partial charge in [0.05, 0.1) is 69.4 Å². The first-order chi connectivity index (χ1) is 52.0. The number of aliphatic hydroxyl groups is 8. The van der Waals surface area contributed by atoms with Gasteiger partial charge >= 0.3 is 0 Å². The Morgan fingerprint density at radius 2 is 0.716 bits per heavy atom. The zero-order valence-corrected chi connectivity index (χ0v) is 61.3. The third kappa shape index (κ3) is 27.3. The molecule has 0 saturated carbocycles. The molecule has 0 aromatic heterocycles. The van der Waals surface area contributed by atoms with Crippen LogP contribution in [0.3, 0.4) is 0 Å². The summed E-state index contributed by atoms with van der Waals surface area (Å²) in [5, 5.41) is 80.6. The zero-order valence-electron chi connectivity index (χ0n) is 61.3. The molecule has 0 spiro atoms. The molecule has 109 heavy (non-hydrogen) atoms. The Morgan fingerprint density at radius 3 is 0.991 bits per heavy atom. The van der Waals surface area contributed by atoms with Gasteiger partial charge < -0.3 is 72.4 Å². The lowest BCUT2D eigenvalue weighted by atomic mass is 10.0. The summed E-state index contributed by atoms with van der Waals surface area (Å²) in [4.78, 5) is 89.6. The number of Topliss-reactive ketones (excluding diaryl/α,β-unsaturated/α-hetero) is 5. The first-order valence-corrected chi connectivity index (χ1v) is 34.5. The summed E-state index contributed by atoms with van der Waals surface area (Å²) in [6, 6.07) is 55.0. The number of alkyl halides is 2. The highest BCUT2D eigenvalue weighted by molar-refractivity contribution is 5.98. The van der Waals surface area contributed by atoms with E-state index in [9.17, 15) is 67.9 Å². The van der Waals surface area contributed by atoms with Crippen molar-refractivity contribution in [2.75, 3.05) is 39.8 Å². The third-order valence-electron chi connectivity index (χ3n) is 16.9. The maximum absolute atomic E-state index is 13.3. The first-order valence-electron chi connectivity index (χ1n) is 34.5. The van der Waals surface area contributed by atoms with E-state index >= 15 is 0 Å². The van der Waals surface area contributed by atoms with E-state index in [1.807, 2.05) is 72.8 Å². The van der Waals surface area contributed by atoms with Gasteiger partial charge in [-0.05, 0) is 92.3 Å². The van der Waals surface area contributed by atoms with Crippen LogP contribution in [0.1, 0.15) is 181 Å². The number of nitrogens with zero attached hydrogens (tertiary/aromatic N) is 3. The molecule has 0 unspecified atom stereocenters. The number of aliphatic imine (C=N–C) groups is 2. The van der Waals surface area contributed by atoms with Crippen LogP contribution >= 0.6 is 0 Å². The lowest BCUT2D eigenvalue weighted by Crippen LogP contribution is -2.40. The van der Waals surface area contributed by atoms with Gasteiger partial charge in [-0.3, -0.25) is 33.6 Å². The Bertz CT molecular complexity index is 4130. The minimum absolute atomic E-state index is 0.00200. The van der Waals surface area contributed by atoms with Crippen LogP contribution in [0.15, 0.2) is 216 Å². The molecule has 576 valence electrons. The molecule has 26 heteroatoms. The molecule has 14 N–H and O–H groups in total. The summed E-state index contributed by atoms with van der Waals surface area (Å²) in [6.07, 6.45) is -4.74. The third-order valence-corrected chi connectivity index (χ3v) is 16.9. The van der Waals surface area contributed by atoms with Gasteiger partial charge in [0.1, 0.15) is 37.6 Å². The number of benzene rings is 8. The topological polar surface area (TPSA) is 405 Å². The second-order valence-corrected chi connectivity index (χ2v) is 25.2. The van der Waals surface area contributed by atoms with Gasteiger partial charge in [-0.15, -0.1) is 0 Å². The van der Waals surface area contributed by atoms with Gasteiger partial charge in [0.2, 0.25) is 23.6 Å². The maximum Gasteiger partial charge on any atom is 0.217 e. The van der Waals surface area contributed by atoms with Gasteiger partial charge in [0.15, 0.2) is 46.8 Å². The van der Waals surface area contributed by atoms with Crippen LogP contribution in [-0.4, -0.2) is 169 Å². The molecule has 0 saturated heterocycles. The number of ether oxygens (including phenoxy) is 2. The second kappa shape index (κ2) is 44.9. The van der Waals surface area contributed by atoms with E-state index in [2.05, 4.69) is 25.5 Å². The minimum atomic E-state index is -1.03. The normalized spacial score (nSPS) is 16.6. The number of nitrogens with two attached hydrogens (primary N) is 2. The second-order valence-electron chi connectivity index (χ2n) is 25.2. The summed E-state index contributed by atoms with van der Waals surface area (Å²) < 4.78 is 37.3. The molecular weight excluding hydrogens is 1400 g/mol. The van der Waals surface area contributed by atoms with Crippen molar-refractivity contribution in [1.82, 2.24) is 10.6 Å². The lowest BCUT2D eigenvalue weighted by molar-refractivity contribution is -0.121. The fraction of sp³-hybridized carbons (Fsp3) is 0.301. The van der Waals surface area contributed by atoms with E-state index in [-0.39, 0.29) is 79.3 Å². The van der Waals surface area contributed by atoms with Crippen molar-refractivity contribution in [3.05, 3.63) is 290 Å². The number of rotatable bonds is 25. The van der Waals surface area contributed by atoms with E-state index in [0.717, 1.165) is 22.3 Å². The Labute approximate surface area is 631 Å². The summed E-state index contributed by atoms with van der Waals surface area (Å²) in [5.41, 5.74) is 19.9. The molecule has 0 aliphatic carbocycles. The number of nitrogens with one attached hydrogen (secondary N) is 2. The number of carbonyl (C=O) groups is 7. The summed E-state index contributed by atoms with van der Waals surface area (Å²) in [5.74, 6) is 0.254. The van der Waals surface area contributed by atoms with Gasteiger partial charge in [0, 0.05) is 52.8 Å². The van der Waals surface area contributed by atoms with Crippen molar-refractivity contribution in [2.45, 2.75) is 121 Å². The Kier molecular flexibility index (Phi) is 36.5. The average Bonchev–Trinajstić information content (AvgIpc) is 1.67. The van der Waals surface area contributed by atoms with Crippen LogP contribution in [0, 0.1) is 6.57 Å². The predicted octanol–water partition coefficient (Wildman–Crippen LogP) is 9.16. The van der Waals surface area contributed by atoms with Crippen LogP contribution < -0.4 is 22.1 Å². The van der Waals surface area contributed by atoms with Crippen molar-refractivity contribution < 1.29 is 92.7 Å². The summed E-state index contributed by atoms with van der Waals surface area (Å²) in [6.45, 7) is 14.4. The van der Waals surface area contributed by atoms with Gasteiger partial charge in [0.25, 0.3) is 0 Å². The van der Waals surface area contributed by atoms with Crippen LogP contribution in [0.4, 0.5) is 14.5 Å². The van der Waals surface area contributed by atoms with E-state index in [1.54, 1.807) is 133 Å². The van der Waals surface area contributed by atoms with E-state index < -0.39 is 74.1 Å². The monoisotopic (exact) mass is 1500 g/mol. The quantitative estimate of drug-likeness (QED) is 0.0187. The van der Waals surface area contributed by atoms with E-state index in [0.29, 0.717) is 67.6 Å². The van der Waals surface area contributed by atoms with Crippen molar-refractivity contribution >= 4 is 58.2 Å². The summed E-state index contributed by atoms with van der Waals surface area (Å²) >= 11 is 0. The van der Waals surface area contributed by atoms with Gasteiger partial charge in [-0.1, -0.05) is 182 Å². The Balaban J connectivity index is 0.000000236. The van der Waals surface area contributed by atoms with Crippen LogP contribution in [0.5, 0.6) is 0 Å². The molecule has 2 aliphatic rings. The highest BCUT2D eigenvalue weighted by atomic mass is 19.1. The number of hydrogen-bond donors (Lipinski definition) is 12. The molecule has 2 aliphatic heterocycles.